The number of carbonyl (C=O) groups is 1. The van der Waals surface area contributed by atoms with Crippen molar-refractivity contribution in [2.75, 3.05) is 11.1 Å². The van der Waals surface area contributed by atoms with Crippen molar-refractivity contribution in [3.05, 3.63) is 28.8 Å². The Morgan fingerprint density at radius 3 is 2.50 bits per heavy atom. The lowest BCUT2D eigenvalue weighted by atomic mass is 10.1. The van der Waals surface area contributed by atoms with Crippen LogP contribution in [0.25, 0.3) is 0 Å². The van der Waals surface area contributed by atoms with Crippen LogP contribution in [0.2, 0.25) is 0 Å². The minimum Gasteiger partial charge on any atom is -0.466 e. The van der Waals surface area contributed by atoms with Crippen LogP contribution in [0.1, 0.15) is 27.4 Å². The number of nitrogens with zero attached hydrogens (tertiary/aromatic N) is 2. The molecule has 2 heterocycles. The van der Waals surface area contributed by atoms with Gasteiger partial charge in [0.25, 0.3) is 5.91 Å². The zero-order valence-corrected chi connectivity index (χ0v) is 10.9. The number of aryl methyl sites for hydroxylation is 3. The summed E-state index contributed by atoms with van der Waals surface area (Å²) in [4.78, 5) is 12.2. The first-order valence-electron chi connectivity index (χ1n) is 5.57. The monoisotopic (exact) mass is 248 g/mol. The summed E-state index contributed by atoms with van der Waals surface area (Å²) in [6, 6.07) is 0. The average Bonchev–Trinajstić information content (AvgIpc) is 2.73. The summed E-state index contributed by atoms with van der Waals surface area (Å²) in [6.45, 7) is 5.45. The minimum atomic E-state index is -0.239. The van der Waals surface area contributed by atoms with Crippen molar-refractivity contribution in [1.29, 1.82) is 0 Å². The molecule has 2 aromatic rings. The predicted octanol–water partition coefficient (Wildman–Crippen LogP) is 1.77. The van der Waals surface area contributed by atoms with Gasteiger partial charge >= 0.3 is 0 Å². The summed E-state index contributed by atoms with van der Waals surface area (Å²) in [6.07, 6.45) is 1.50. The number of hydrogen-bond acceptors (Lipinski definition) is 4. The van der Waals surface area contributed by atoms with Crippen LogP contribution in [0.4, 0.5) is 11.5 Å². The Morgan fingerprint density at radius 2 is 2.06 bits per heavy atom. The highest BCUT2D eigenvalue weighted by molar-refractivity contribution is 6.06. The highest BCUT2D eigenvalue weighted by atomic mass is 16.3. The van der Waals surface area contributed by atoms with Gasteiger partial charge < -0.3 is 15.5 Å². The number of rotatable bonds is 2. The van der Waals surface area contributed by atoms with Crippen molar-refractivity contribution in [1.82, 2.24) is 9.78 Å². The van der Waals surface area contributed by atoms with Crippen molar-refractivity contribution in [3.8, 4) is 0 Å². The molecular formula is C12H16N4O2. The summed E-state index contributed by atoms with van der Waals surface area (Å²) in [5.74, 6) is 1.59. The smallest absolute Gasteiger partial charge is 0.260 e. The lowest BCUT2D eigenvalue weighted by Crippen LogP contribution is -2.16. The molecule has 6 heteroatoms. The third-order valence-corrected chi connectivity index (χ3v) is 2.99. The average molecular weight is 248 g/mol. The highest BCUT2D eigenvalue weighted by Gasteiger charge is 2.20. The van der Waals surface area contributed by atoms with Gasteiger partial charge in [-0.1, -0.05) is 0 Å². The van der Waals surface area contributed by atoms with E-state index in [1.54, 1.807) is 14.0 Å². The normalized spacial score (nSPS) is 10.7. The zero-order valence-electron chi connectivity index (χ0n) is 10.9. The SMILES string of the molecule is Cc1oc(C)c(C(=O)Nc2c(N)cnn2C)c1C. The van der Waals surface area contributed by atoms with E-state index in [0.29, 0.717) is 22.8 Å². The highest BCUT2D eigenvalue weighted by Crippen LogP contribution is 2.23. The maximum absolute atomic E-state index is 12.2. The van der Waals surface area contributed by atoms with Gasteiger partial charge in [0.1, 0.15) is 11.5 Å². The van der Waals surface area contributed by atoms with Gasteiger partial charge in [-0.2, -0.15) is 5.10 Å². The van der Waals surface area contributed by atoms with Crippen LogP contribution in [0.15, 0.2) is 10.6 Å². The summed E-state index contributed by atoms with van der Waals surface area (Å²) < 4.78 is 6.95. The molecule has 0 saturated carbocycles. The van der Waals surface area contributed by atoms with E-state index in [1.807, 2.05) is 13.8 Å². The number of carbonyl (C=O) groups excluding carboxylic acids is 1. The molecular weight excluding hydrogens is 232 g/mol. The Labute approximate surface area is 105 Å². The fourth-order valence-corrected chi connectivity index (χ4v) is 1.91. The summed E-state index contributed by atoms with van der Waals surface area (Å²) >= 11 is 0. The van der Waals surface area contributed by atoms with Crippen LogP contribution in [0, 0.1) is 20.8 Å². The Balaban J connectivity index is 2.33. The molecule has 0 spiro atoms. The van der Waals surface area contributed by atoms with E-state index < -0.39 is 0 Å². The fourth-order valence-electron chi connectivity index (χ4n) is 1.91. The quantitative estimate of drug-likeness (QED) is 0.848. The Hall–Kier alpha value is -2.24. The van der Waals surface area contributed by atoms with Crippen molar-refractivity contribution in [3.63, 3.8) is 0 Å². The molecule has 0 atom stereocenters. The number of nitrogens with one attached hydrogen (secondary N) is 1. The summed E-state index contributed by atoms with van der Waals surface area (Å²) in [5.41, 5.74) is 7.55. The number of furan rings is 1. The van der Waals surface area contributed by atoms with Gasteiger partial charge in [0, 0.05) is 12.6 Å². The molecule has 3 N–H and O–H groups in total. The van der Waals surface area contributed by atoms with Gasteiger partial charge in [-0.25, -0.2) is 0 Å². The van der Waals surface area contributed by atoms with Crippen LogP contribution >= 0.6 is 0 Å². The zero-order chi connectivity index (χ0) is 13.4. The summed E-state index contributed by atoms with van der Waals surface area (Å²) in [5, 5.41) is 6.71. The van der Waals surface area contributed by atoms with Gasteiger partial charge in [-0.3, -0.25) is 9.48 Å². The van der Waals surface area contributed by atoms with E-state index in [9.17, 15) is 4.79 Å². The molecule has 0 saturated heterocycles. The van der Waals surface area contributed by atoms with Crippen LogP contribution in [0.5, 0.6) is 0 Å². The number of aromatic nitrogens is 2. The van der Waals surface area contributed by atoms with Crippen LogP contribution < -0.4 is 11.1 Å². The van der Waals surface area contributed by atoms with E-state index in [1.165, 1.54) is 10.9 Å². The lowest BCUT2D eigenvalue weighted by Gasteiger charge is -2.06. The molecule has 6 nitrogen and oxygen atoms in total. The molecule has 0 aliphatic rings. The fraction of sp³-hybridized carbons (Fsp3) is 0.333. The first kappa shape index (κ1) is 12.2. The maximum Gasteiger partial charge on any atom is 0.260 e. The molecule has 0 bridgehead atoms. The van der Waals surface area contributed by atoms with Crippen molar-refractivity contribution in [2.24, 2.45) is 7.05 Å². The van der Waals surface area contributed by atoms with E-state index >= 15 is 0 Å². The van der Waals surface area contributed by atoms with Crippen LogP contribution in [-0.4, -0.2) is 15.7 Å². The van der Waals surface area contributed by atoms with Crippen molar-refractivity contribution >= 4 is 17.4 Å². The lowest BCUT2D eigenvalue weighted by molar-refractivity contribution is 0.102. The van der Waals surface area contributed by atoms with Gasteiger partial charge in [0.15, 0.2) is 5.82 Å². The second kappa shape index (κ2) is 4.21. The van der Waals surface area contributed by atoms with Gasteiger partial charge in [-0.15, -0.1) is 0 Å². The third-order valence-electron chi connectivity index (χ3n) is 2.99. The second-order valence-corrected chi connectivity index (χ2v) is 4.24. The largest absolute Gasteiger partial charge is 0.466 e. The van der Waals surface area contributed by atoms with Crippen LogP contribution in [0.3, 0.4) is 0 Å². The number of anilines is 2. The molecule has 0 radical (unpaired) electrons. The van der Waals surface area contributed by atoms with Gasteiger partial charge in [0.2, 0.25) is 0 Å². The maximum atomic E-state index is 12.2. The molecule has 2 aromatic heterocycles. The molecule has 0 fully saturated rings. The number of nitrogens with two attached hydrogens (primary N) is 1. The van der Waals surface area contributed by atoms with Crippen LogP contribution in [-0.2, 0) is 7.05 Å². The minimum absolute atomic E-state index is 0.239. The van der Waals surface area contributed by atoms with E-state index in [-0.39, 0.29) is 5.91 Å². The first-order chi connectivity index (χ1) is 8.41. The number of nitrogen functional groups attached to an aromatic ring is 1. The predicted molar refractivity (Wildman–Crippen MR) is 68.5 cm³/mol. The Morgan fingerprint density at radius 1 is 1.39 bits per heavy atom. The van der Waals surface area contributed by atoms with E-state index in [4.69, 9.17) is 10.2 Å². The summed E-state index contributed by atoms with van der Waals surface area (Å²) in [7, 11) is 1.71. The molecule has 2 rings (SSSR count). The first-order valence-corrected chi connectivity index (χ1v) is 5.57. The van der Waals surface area contributed by atoms with Crippen molar-refractivity contribution < 1.29 is 9.21 Å². The second-order valence-electron chi connectivity index (χ2n) is 4.24. The topological polar surface area (TPSA) is 86.1 Å². The molecule has 0 aliphatic heterocycles. The standard InChI is InChI=1S/C12H16N4O2/c1-6-7(2)18-8(3)10(6)12(17)15-11-9(13)5-14-16(11)4/h5H,13H2,1-4H3,(H,15,17). The Bertz CT molecular complexity index is 590. The Kier molecular flexibility index (Phi) is 2.86. The number of hydrogen-bond donors (Lipinski definition) is 2. The molecule has 0 aromatic carbocycles. The molecule has 0 unspecified atom stereocenters. The third kappa shape index (κ3) is 1.85. The molecule has 18 heavy (non-hydrogen) atoms. The molecule has 1 amide bonds. The van der Waals surface area contributed by atoms with E-state index in [0.717, 1.165) is 11.3 Å². The van der Waals surface area contributed by atoms with E-state index in [2.05, 4.69) is 10.4 Å². The van der Waals surface area contributed by atoms with Gasteiger partial charge in [0.05, 0.1) is 17.4 Å². The van der Waals surface area contributed by atoms with Crippen molar-refractivity contribution in [2.45, 2.75) is 20.8 Å². The molecule has 96 valence electrons. The molecule has 0 aliphatic carbocycles. The number of amides is 1. The van der Waals surface area contributed by atoms with Gasteiger partial charge in [-0.05, 0) is 20.8 Å².